The van der Waals surface area contributed by atoms with Crippen molar-refractivity contribution in [3.63, 3.8) is 0 Å². The minimum Gasteiger partial charge on any atom is -0.494 e. The average molecular weight is 395 g/mol. The van der Waals surface area contributed by atoms with Crippen molar-refractivity contribution in [3.8, 4) is 5.75 Å². The Labute approximate surface area is 168 Å². The summed E-state index contributed by atoms with van der Waals surface area (Å²) in [5.41, 5.74) is 0.632. The average Bonchev–Trinajstić information content (AvgIpc) is 2.57. The summed E-state index contributed by atoms with van der Waals surface area (Å²) in [6.45, 7) is 3.41. The molecule has 2 amide bonds. The van der Waals surface area contributed by atoms with Crippen molar-refractivity contribution >= 4 is 17.7 Å². The highest BCUT2D eigenvalue weighted by Crippen LogP contribution is 2.16. The summed E-state index contributed by atoms with van der Waals surface area (Å²) in [6.07, 6.45) is 5.85. The summed E-state index contributed by atoms with van der Waals surface area (Å²) in [4.78, 5) is 23.3. The van der Waals surface area contributed by atoms with E-state index in [0.717, 1.165) is 12.2 Å². The van der Waals surface area contributed by atoms with Crippen LogP contribution >= 0.6 is 0 Å². The normalized spacial score (nSPS) is 12.3. The Kier molecular flexibility index (Phi) is 10.4. The van der Waals surface area contributed by atoms with Crippen LogP contribution in [0.25, 0.3) is 0 Å². The molecule has 0 unspecified atom stereocenters. The number of nitrogens with zero attached hydrogens (tertiary/aromatic N) is 1. The van der Waals surface area contributed by atoms with Gasteiger partial charge in [0.1, 0.15) is 5.75 Å². The Balaban J connectivity index is 2.44. The van der Waals surface area contributed by atoms with Gasteiger partial charge in [-0.15, -0.1) is 0 Å². The van der Waals surface area contributed by atoms with Gasteiger partial charge in [-0.05, 0) is 30.7 Å². The molecule has 0 saturated carbocycles. The first kappa shape index (κ1) is 23.8. The van der Waals surface area contributed by atoms with E-state index in [9.17, 15) is 9.59 Å². The number of benzene rings is 1. The third-order valence-electron chi connectivity index (χ3n) is 4.15. The zero-order valence-corrected chi connectivity index (χ0v) is 17.7. The number of nitrogens with one attached hydrogen (secondary N) is 2. The molecule has 0 saturated heterocycles. The third-order valence-corrected chi connectivity index (χ3v) is 4.15. The van der Waals surface area contributed by atoms with Crippen LogP contribution < -0.4 is 15.4 Å². The number of unbranched alkanes of at least 4 members (excludes halogenated alkanes) is 4. The fourth-order valence-electron chi connectivity index (χ4n) is 2.92. The molecule has 28 heavy (non-hydrogen) atoms. The minimum absolute atomic E-state index is 0.117. The second kappa shape index (κ2) is 12.2. The Morgan fingerprint density at radius 3 is 2.29 bits per heavy atom. The van der Waals surface area contributed by atoms with Gasteiger partial charge >= 0.3 is 12.0 Å². The lowest BCUT2D eigenvalue weighted by Crippen LogP contribution is -2.50. The van der Waals surface area contributed by atoms with Crippen LogP contribution in [0.15, 0.2) is 24.3 Å². The number of ether oxygens (including phenoxy) is 1. The molecule has 0 heterocycles. The van der Waals surface area contributed by atoms with Gasteiger partial charge in [0.05, 0.1) is 46.8 Å². The van der Waals surface area contributed by atoms with E-state index in [1.807, 2.05) is 33.3 Å². The number of likely N-dealkylation sites (N-methyl/N-ethyl adjacent to an activating group) is 1. The predicted molar refractivity (Wildman–Crippen MR) is 112 cm³/mol. The number of amides is 2. The van der Waals surface area contributed by atoms with Gasteiger partial charge in [-0.25, -0.2) is 4.79 Å². The van der Waals surface area contributed by atoms with E-state index in [0.29, 0.717) is 23.3 Å². The molecule has 7 nitrogen and oxygen atoms in total. The first-order valence-corrected chi connectivity index (χ1v) is 10.0. The first-order chi connectivity index (χ1) is 13.2. The molecule has 7 heteroatoms. The van der Waals surface area contributed by atoms with Gasteiger partial charge in [-0.2, -0.15) is 0 Å². The van der Waals surface area contributed by atoms with E-state index in [-0.39, 0.29) is 6.42 Å². The SMILES string of the molecule is CCCCCCCOc1ccc(NC(=O)N[C@H](CC(=O)O)C[N+](C)(C)C)cc1. The van der Waals surface area contributed by atoms with E-state index >= 15 is 0 Å². The van der Waals surface area contributed by atoms with Gasteiger partial charge in [0.15, 0.2) is 0 Å². The van der Waals surface area contributed by atoms with E-state index in [2.05, 4.69) is 17.6 Å². The molecule has 0 aliphatic rings. The van der Waals surface area contributed by atoms with Crippen molar-refractivity contribution in [3.05, 3.63) is 24.3 Å². The molecule has 0 radical (unpaired) electrons. The lowest BCUT2D eigenvalue weighted by molar-refractivity contribution is -0.871. The number of carboxylic acid groups (broad SMARTS) is 1. The number of carbonyl (C=O) groups excluding carboxylic acids is 1. The number of urea groups is 1. The summed E-state index contributed by atoms with van der Waals surface area (Å²) >= 11 is 0. The highest BCUT2D eigenvalue weighted by Gasteiger charge is 2.22. The van der Waals surface area contributed by atoms with Crippen molar-refractivity contribution in [1.82, 2.24) is 5.32 Å². The maximum absolute atomic E-state index is 12.2. The van der Waals surface area contributed by atoms with Crippen LogP contribution in [0.4, 0.5) is 10.5 Å². The van der Waals surface area contributed by atoms with E-state index in [1.165, 1.54) is 25.7 Å². The van der Waals surface area contributed by atoms with Crippen molar-refractivity contribution in [1.29, 1.82) is 0 Å². The smallest absolute Gasteiger partial charge is 0.319 e. The summed E-state index contributed by atoms with van der Waals surface area (Å²) in [5.74, 6) is -0.162. The maximum atomic E-state index is 12.2. The molecule has 0 aliphatic carbocycles. The standard InChI is InChI=1S/C21H35N3O4/c1-5-6-7-8-9-14-28-19-12-10-17(11-13-19)22-21(27)23-18(15-20(25)26)16-24(2,3)4/h10-13,18H,5-9,14-16H2,1-4H3,(H2-,22,23,25,26,27)/p+1/t18-/m1/s1. The number of quaternary nitrogens is 1. The number of aliphatic carboxylic acids is 1. The second-order valence-corrected chi connectivity index (χ2v) is 8.15. The van der Waals surface area contributed by atoms with Crippen molar-refractivity contribution in [2.24, 2.45) is 0 Å². The zero-order valence-electron chi connectivity index (χ0n) is 17.7. The molecule has 3 N–H and O–H groups in total. The number of anilines is 1. The minimum atomic E-state index is -0.935. The quantitative estimate of drug-likeness (QED) is 0.352. The fourth-order valence-corrected chi connectivity index (χ4v) is 2.92. The van der Waals surface area contributed by atoms with E-state index in [4.69, 9.17) is 9.84 Å². The summed E-state index contributed by atoms with van der Waals surface area (Å²) < 4.78 is 6.27. The van der Waals surface area contributed by atoms with Gasteiger partial charge < -0.3 is 25.0 Å². The number of hydrogen-bond acceptors (Lipinski definition) is 3. The molecule has 1 aromatic carbocycles. The van der Waals surface area contributed by atoms with Crippen LogP contribution in [0.5, 0.6) is 5.75 Å². The van der Waals surface area contributed by atoms with Crippen molar-refractivity contribution in [2.45, 2.75) is 51.5 Å². The number of hydrogen-bond donors (Lipinski definition) is 3. The number of rotatable bonds is 13. The lowest BCUT2D eigenvalue weighted by atomic mass is 10.2. The lowest BCUT2D eigenvalue weighted by Gasteiger charge is -2.29. The van der Waals surface area contributed by atoms with E-state index < -0.39 is 18.0 Å². The van der Waals surface area contributed by atoms with Crippen LogP contribution in [0.2, 0.25) is 0 Å². The third kappa shape index (κ3) is 11.4. The molecule has 0 spiro atoms. The summed E-state index contributed by atoms with van der Waals surface area (Å²) in [5, 5.41) is 14.5. The molecule has 0 aromatic heterocycles. The Hall–Kier alpha value is -2.28. The van der Waals surface area contributed by atoms with Gasteiger partial charge in [-0.3, -0.25) is 4.79 Å². The van der Waals surface area contributed by atoms with Crippen molar-refractivity contribution in [2.75, 3.05) is 39.6 Å². The van der Waals surface area contributed by atoms with Gasteiger partial charge in [0.2, 0.25) is 0 Å². The highest BCUT2D eigenvalue weighted by molar-refractivity contribution is 5.89. The first-order valence-electron chi connectivity index (χ1n) is 10.0. The Bertz CT molecular complexity index is 597. The molecule has 158 valence electrons. The van der Waals surface area contributed by atoms with Crippen LogP contribution in [0.3, 0.4) is 0 Å². The number of carbonyl (C=O) groups is 2. The van der Waals surface area contributed by atoms with E-state index in [1.54, 1.807) is 12.1 Å². The second-order valence-electron chi connectivity index (χ2n) is 8.15. The largest absolute Gasteiger partial charge is 0.494 e. The van der Waals surface area contributed by atoms with Crippen LogP contribution in [0.1, 0.15) is 45.4 Å². The monoisotopic (exact) mass is 394 g/mol. The summed E-state index contributed by atoms with van der Waals surface area (Å²) in [6, 6.07) is 6.33. The molecular formula is C21H36N3O4+. The molecule has 0 aliphatic heterocycles. The molecule has 1 aromatic rings. The maximum Gasteiger partial charge on any atom is 0.319 e. The van der Waals surface area contributed by atoms with Crippen LogP contribution in [-0.4, -0.2) is 61.9 Å². The Morgan fingerprint density at radius 2 is 1.71 bits per heavy atom. The van der Waals surface area contributed by atoms with Gasteiger partial charge in [-0.1, -0.05) is 32.6 Å². The Morgan fingerprint density at radius 1 is 1.07 bits per heavy atom. The molecule has 1 atom stereocenters. The highest BCUT2D eigenvalue weighted by atomic mass is 16.5. The number of carboxylic acids is 1. The van der Waals surface area contributed by atoms with Crippen LogP contribution in [-0.2, 0) is 4.79 Å². The van der Waals surface area contributed by atoms with Gasteiger partial charge in [0, 0.05) is 5.69 Å². The topological polar surface area (TPSA) is 87.7 Å². The zero-order chi connectivity index (χ0) is 21.0. The van der Waals surface area contributed by atoms with Crippen molar-refractivity contribution < 1.29 is 23.9 Å². The summed E-state index contributed by atoms with van der Waals surface area (Å²) in [7, 11) is 5.87. The van der Waals surface area contributed by atoms with Crippen LogP contribution in [0, 0.1) is 0 Å². The molecule has 0 bridgehead atoms. The van der Waals surface area contributed by atoms with Gasteiger partial charge in [0.25, 0.3) is 0 Å². The molecule has 1 rings (SSSR count). The predicted octanol–water partition coefficient (Wildman–Crippen LogP) is 3.71. The molecular weight excluding hydrogens is 358 g/mol. The fraction of sp³-hybridized carbons (Fsp3) is 0.619. The molecule has 0 fully saturated rings.